The lowest BCUT2D eigenvalue weighted by Crippen LogP contribution is -2.08. The van der Waals surface area contributed by atoms with Crippen molar-refractivity contribution < 1.29 is 0 Å². The van der Waals surface area contributed by atoms with Gasteiger partial charge < -0.3 is 5.73 Å². The predicted molar refractivity (Wildman–Crippen MR) is 49.7 cm³/mol. The van der Waals surface area contributed by atoms with E-state index in [1.165, 1.54) is 5.69 Å². The summed E-state index contributed by atoms with van der Waals surface area (Å²) in [6, 6.07) is 0.0810. The van der Waals surface area contributed by atoms with Gasteiger partial charge in [-0.25, -0.2) is 0 Å². The zero-order valence-electron chi connectivity index (χ0n) is 7.96. The molecule has 0 saturated carbocycles. The third-order valence-corrected chi connectivity index (χ3v) is 1.85. The summed E-state index contributed by atoms with van der Waals surface area (Å²) in [6.07, 6.45) is 2.85. The Morgan fingerprint density at radius 2 is 2.17 bits per heavy atom. The number of nitrogens with one attached hydrogen (secondary N) is 1. The first-order chi connectivity index (χ1) is 5.61. The van der Waals surface area contributed by atoms with Gasteiger partial charge >= 0.3 is 0 Å². The van der Waals surface area contributed by atoms with Crippen LogP contribution >= 0.6 is 0 Å². The molecule has 0 saturated heterocycles. The van der Waals surface area contributed by atoms with E-state index >= 15 is 0 Å². The lowest BCUT2D eigenvalue weighted by molar-refractivity contribution is 0.624. The Bertz CT molecular complexity index is 238. The summed E-state index contributed by atoms with van der Waals surface area (Å²) in [5.41, 5.74) is 8.10. The standard InChI is InChI=1S/C9H17N3/c1-6(2)4-9-8(7(3)10)5-11-12-9/h5-7H,4,10H2,1-3H3,(H,11,12). The number of nitrogens with two attached hydrogens (primary N) is 1. The Labute approximate surface area is 73.4 Å². The van der Waals surface area contributed by atoms with E-state index in [2.05, 4.69) is 24.0 Å². The lowest BCUT2D eigenvalue weighted by Gasteiger charge is -2.07. The largest absolute Gasteiger partial charge is 0.324 e. The van der Waals surface area contributed by atoms with Crippen LogP contribution in [0.2, 0.25) is 0 Å². The third-order valence-electron chi connectivity index (χ3n) is 1.85. The van der Waals surface area contributed by atoms with Crippen LogP contribution in [0, 0.1) is 5.92 Å². The summed E-state index contributed by atoms with van der Waals surface area (Å²) >= 11 is 0. The zero-order valence-corrected chi connectivity index (χ0v) is 7.96. The molecule has 0 aromatic carbocycles. The van der Waals surface area contributed by atoms with Crippen molar-refractivity contribution in [2.75, 3.05) is 0 Å². The molecule has 3 heteroatoms. The number of hydrogen-bond acceptors (Lipinski definition) is 2. The fraction of sp³-hybridized carbons (Fsp3) is 0.667. The SMILES string of the molecule is CC(C)Cc1[nH]ncc1C(C)N. The van der Waals surface area contributed by atoms with Crippen molar-refractivity contribution in [3.05, 3.63) is 17.5 Å². The molecule has 1 atom stereocenters. The smallest absolute Gasteiger partial charge is 0.0537 e. The van der Waals surface area contributed by atoms with Crippen LogP contribution in [0.3, 0.4) is 0 Å². The van der Waals surface area contributed by atoms with E-state index in [1.807, 2.05) is 13.1 Å². The maximum absolute atomic E-state index is 5.77. The summed E-state index contributed by atoms with van der Waals surface area (Å²) in [7, 11) is 0. The van der Waals surface area contributed by atoms with Gasteiger partial charge in [0.1, 0.15) is 0 Å². The number of rotatable bonds is 3. The molecule has 0 radical (unpaired) electrons. The summed E-state index contributed by atoms with van der Waals surface area (Å²) in [6.45, 7) is 6.35. The van der Waals surface area contributed by atoms with E-state index in [1.54, 1.807) is 0 Å². The average Bonchev–Trinajstić information content (AvgIpc) is 2.33. The Balaban J connectivity index is 2.77. The first-order valence-corrected chi connectivity index (χ1v) is 4.39. The summed E-state index contributed by atoms with van der Waals surface area (Å²) < 4.78 is 0. The Morgan fingerprint density at radius 3 is 2.67 bits per heavy atom. The molecule has 0 fully saturated rings. The molecule has 1 aromatic rings. The van der Waals surface area contributed by atoms with Gasteiger partial charge in [0.2, 0.25) is 0 Å². The summed E-state index contributed by atoms with van der Waals surface area (Å²) in [4.78, 5) is 0. The van der Waals surface area contributed by atoms with E-state index in [0.717, 1.165) is 12.0 Å². The number of hydrogen-bond donors (Lipinski definition) is 2. The highest BCUT2D eigenvalue weighted by molar-refractivity contribution is 5.19. The summed E-state index contributed by atoms with van der Waals surface area (Å²) in [5, 5.41) is 6.98. The normalized spacial score (nSPS) is 13.8. The van der Waals surface area contributed by atoms with Crippen LogP contribution in [-0.2, 0) is 6.42 Å². The molecule has 1 heterocycles. The number of aromatic amines is 1. The highest BCUT2D eigenvalue weighted by Crippen LogP contribution is 2.15. The minimum absolute atomic E-state index is 0.0810. The van der Waals surface area contributed by atoms with Crippen molar-refractivity contribution in [1.82, 2.24) is 10.2 Å². The first-order valence-electron chi connectivity index (χ1n) is 4.39. The molecule has 1 unspecified atom stereocenters. The van der Waals surface area contributed by atoms with E-state index in [4.69, 9.17) is 5.73 Å². The van der Waals surface area contributed by atoms with Gasteiger partial charge in [0.05, 0.1) is 6.20 Å². The van der Waals surface area contributed by atoms with E-state index in [-0.39, 0.29) is 6.04 Å². The monoisotopic (exact) mass is 167 g/mol. The van der Waals surface area contributed by atoms with Crippen molar-refractivity contribution in [1.29, 1.82) is 0 Å². The molecular formula is C9H17N3. The second-order valence-electron chi connectivity index (χ2n) is 3.69. The van der Waals surface area contributed by atoms with Crippen molar-refractivity contribution in [2.24, 2.45) is 11.7 Å². The molecule has 12 heavy (non-hydrogen) atoms. The molecule has 3 nitrogen and oxygen atoms in total. The average molecular weight is 167 g/mol. The maximum atomic E-state index is 5.77. The van der Waals surface area contributed by atoms with E-state index in [0.29, 0.717) is 5.92 Å². The van der Waals surface area contributed by atoms with Crippen molar-refractivity contribution in [3.63, 3.8) is 0 Å². The van der Waals surface area contributed by atoms with Crippen LogP contribution in [0.1, 0.15) is 38.1 Å². The molecule has 0 spiro atoms. The van der Waals surface area contributed by atoms with Crippen molar-refractivity contribution >= 4 is 0 Å². The molecule has 0 bridgehead atoms. The van der Waals surface area contributed by atoms with Crippen LogP contribution in [0.15, 0.2) is 6.20 Å². The zero-order chi connectivity index (χ0) is 9.14. The number of H-pyrrole nitrogens is 1. The van der Waals surface area contributed by atoms with Gasteiger partial charge in [-0.2, -0.15) is 5.10 Å². The van der Waals surface area contributed by atoms with Gasteiger partial charge in [-0.3, -0.25) is 5.10 Å². The van der Waals surface area contributed by atoms with Crippen LogP contribution < -0.4 is 5.73 Å². The highest BCUT2D eigenvalue weighted by atomic mass is 15.1. The lowest BCUT2D eigenvalue weighted by atomic mass is 10.0. The molecule has 1 rings (SSSR count). The van der Waals surface area contributed by atoms with Gasteiger partial charge in [-0.05, 0) is 19.3 Å². The quantitative estimate of drug-likeness (QED) is 0.718. The van der Waals surface area contributed by atoms with Gasteiger partial charge in [-0.15, -0.1) is 0 Å². The number of nitrogens with zero attached hydrogens (tertiary/aromatic N) is 1. The van der Waals surface area contributed by atoms with Crippen LogP contribution in [0.5, 0.6) is 0 Å². The molecule has 1 aromatic heterocycles. The van der Waals surface area contributed by atoms with Crippen LogP contribution in [0.4, 0.5) is 0 Å². The molecule has 0 aliphatic carbocycles. The number of aromatic nitrogens is 2. The minimum Gasteiger partial charge on any atom is -0.324 e. The second kappa shape index (κ2) is 3.72. The van der Waals surface area contributed by atoms with Gasteiger partial charge in [0.25, 0.3) is 0 Å². The Hall–Kier alpha value is -0.830. The maximum Gasteiger partial charge on any atom is 0.0537 e. The Kier molecular flexibility index (Phi) is 2.87. The molecule has 0 amide bonds. The van der Waals surface area contributed by atoms with Gasteiger partial charge in [-0.1, -0.05) is 13.8 Å². The fourth-order valence-corrected chi connectivity index (χ4v) is 1.29. The van der Waals surface area contributed by atoms with Crippen LogP contribution in [0.25, 0.3) is 0 Å². The van der Waals surface area contributed by atoms with E-state index < -0.39 is 0 Å². The Morgan fingerprint density at radius 1 is 1.50 bits per heavy atom. The topological polar surface area (TPSA) is 54.7 Å². The van der Waals surface area contributed by atoms with Crippen molar-refractivity contribution in [2.45, 2.75) is 33.2 Å². The summed E-state index contributed by atoms with van der Waals surface area (Å²) in [5.74, 6) is 0.642. The highest BCUT2D eigenvalue weighted by Gasteiger charge is 2.09. The molecule has 68 valence electrons. The van der Waals surface area contributed by atoms with Gasteiger partial charge in [0.15, 0.2) is 0 Å². The van der Waals surface area contributed by atoms with Crippen LogP contribution in [-0.4, -0.2) is 10.2 Å². The molecule has 0 aliphatic rings. The second-order valence-corrected chi connectivity index (χ2v) is 3.69. The van der Waals surface area contributed by atoms with Gasteiger partial charge in [0, 0.05) is 17.3 Å². The minimum atomic E-state index is 0.0810. The van der Waals surface area contributed by atoms with Crippen molar-refractivity contribution in [3.8, 4) is 0 Å². The first kappa shape index (κ1) is 9.26. The molecule has 0 aliphatic heterocycles. The predicted octanol–water partition coefficient (Wildman–Crippen LogP) is 1.63. The third kappa shape index (κ3) is 2.08. The molecule has 3 N–H and O–H groups in total. The molecular weight excluding hydrogens is 150 g/mol. The van der Waals surface area contributed by atoms with E-state index in [9.17, 15) is 0 Å². The fourth-order valence-electron chi connectivity index (χ4n) is 1.29.